The third-order valence-corrected chi connectivity index (χ3v) is 7.25. The number of amides is 1. The Hall–Kier alpha value is -1.96. The largest absolute Gasteiger partial charge is 0.415 e. The predicted octanol–water partition coefficient (Wildman–Crippen LogP) is 4.55. The first-order chi connectivity index (χ1) is 13.5. The van der Waals surface area contributed by atoms with Crippen LogP contribution < -0.4 is 5.32 Å². The second kappa shape index (κ2) is 6.83. The molecule has 0 spiro atoms. The average molecular weight is 405 g/mol. The lowest BCUT2D eigenvalue weighted by molar-refractivity contribution is -0.113. The molecule has 1 heterocycles. The van der Waals surface area contributed by atoms with Crippen molar-refractivity contribution in [3.8, 4) is 0 Å². The quantitative estimate of drug-likeness (QED) is 0.740. The molecule has 148 valence electrons. The van der Waals surface area contributed by atoms with Crippen molar-refractivity contribution in [1.29, 1.82) is 0 Å². The summed E-state index contributed by atoms with van der Waals surface area (Å²) in [5.41, 5.74) is -0.154. The number of halogens is 2. The van der Waals surface area contributed by atoms with Gasteiger partial charge in [0.15, 0.2) is 0 Å². The molecule has 0 aliphatic heterocycles. The van der Waals surface area contributed by atoms with E-state index in [1.54, 1.807) is 0 Å². The molecule has 4 saturated carbocycles. The second-order valence-electron chi connectivity index (χ2n) is 8.53. The summed E-state index contributed by atoms with van der Waals surface area (Å²) in [5, 5.41) is 11.2. The van der Waals surface area contributed by atoms with Gasteiger partial charge in [0.05, 0.1) is 11.4 Å². The van der Waals surface area contributed by atoms with Gasteiger partial charge in [0.2, 0.25) is 11.8 Å². The van der Waals surface area contributed by atoms with E-state index in [4.69, 9.17) is 4.42 Å². The van der Waals surface area contributed by atoms with E-state index in [0.717, 1.165) is 67.0 Å². The summed E-state index contributed by atoms with van der Waals surface area (Å²) < 4.78 is 32.8. The number of thioether (sulfide) groups is 1. The first-order valence-corrected chi connectivity index (χ1v) is 10.7. The number of rotatable bonds is 5. The molecular weight excluding hydrogens is 384 g/mol. The number of benzene rings is 1. The summed E-state index contributed by atoms with van der Waals surface area (Å²) in [5.74, 6) is 1.29. The minimum absolute atomic E-state index is 0.0154. The number of hydrogen-bond donors (Lipinski definition) is 1. The van der Waals surface area contributed by atoms with Crippen molar-refractivity contribution < 1.29 is 18.0 Å². The number of aromatic nitrogens is 2. The van der Waals surface area contributed by atoms with Gasteiger partial charge in [-0.1, -0.05) is 11.8 Å². The molecule has 5 nitrogen and oxygen atoms in total. The first kappa shape index (κ1) is 18.1. The smallest absolute Gasteiger partial charge is 0.277 e. The van der Waals surface area contributed by atoms with Crippen LogP contribution in [0.2, 0.25) is 0 Å². The molecule has 1 N–H and O–H groups in total. The standard InChI is InChI=1S/C20H21F2N3O2S/c21-14-1-2-15(22)16(6-14)23-17(26)10-28-19-25-24-18(27-19)20-7-11-3-12(8-20)5-13(4-11)9-20/h1-2,6,11-13H,3-5,7-10H2,(H,23,26). The highest BCUT2D eigenvalue weighted by atomic mass is 32.2. The Bertz CT molecular complexity index is 881. The predicted molar refractivity (Wildman–Crippen MR) is 99.9 cm³/mol. The van der Waals surface area contributed by atoms with E-state index in [9.17, 15) is 13.6 Å². The molecule has 1 aromatic heterocycles. The monoisotopic (exact) mass is 405 g/mol. The van der Waals surface area contributed by atoms with Gasteiger partial charge in [0.1, 0.15) is 11.6 Å². The van der Waals surface area contributed by atoms with Gasteiger partial charge in [-0.05, 0) is 68.4 Å². The van der Waals surface area contributed by atoms with Gasteiger partial charge in [0, 0.05) is 11.5 Å². The minimum Gasteiger partial charge on any atom is -0.415 e. The van der Waals surface area contributed by atoms with E-state index < -0.39 is 17.5 Å². The van der Waals surface area contributed by atoms with Crippen LogP contribution in [0.15, 0.2) is 27.8 Å². The fourth-order valence-electron chi connectivity index (χ4n) is 5.76. The van der Waals surface area contributed by atoms with Crippen molar-refractivity contribution in [2.75, 3.05) is 11.1 Å². The number of carbonyl (C=O) groups excluding carboxylic acids is 1. The molecule has 0 saturated heterocycles. The third kappa shape index (κ3) is 3.32. The van der Waals surface area contributed by atoms with Crippen LogP contribution >= 0.6 is 11.8 Å². The molecule has 4 aliphatic carbocycles. The Kier molecular flexibility index (Phi) is 4.41. The normalized spacial score (nSPS) is 30.6. The minimum atomic E-state index is -0.679. The Morgan fingerprint density at radius 2 is 1.82 bits per heavy atom. The van der Waals surface area contributed by atoms with Gasteiger partial charge in [-0.15, -0.1) is 10.2 Å². The highest BCUT2D eigenvalue weighted by Crippen LogP contribution is 2.60. The number of carbonyl (C=O) groups is 1. The van der Waals surface area contributed by atoms with Gasteiger partial charge in [0.25, 0.3) is 5.22 Å². The van der Waals surface area contributed by atoms with Gasteiger partial charge in [-0.25, -0.2) is 8.78 Å². The van der Waals surface area contributed by atoms with Crippen molar-refractivity contribution >= 4 is 23.4 Å². The Morgan fingerprint density at radius 3 is 2.50 bits per heavy atom. The molecule has 6 rings (SSSR count). The Balaban J connectivity index is 1.23. The van der Waals surface area contributed by atoms with Crippen LogP contribution in [0.3, 0.4) is 0 Å². The Morgan fingerprint density at radius 1 is 1.14 bits per heavy atom. The van der Waals surface area contributed by atoms with Crippen LogP contribution in [-0.4, -0.2) is 21.9 Å². The molecule has 0 atom stereocenters. The van der Waals surface area contributed by atoms with E-state index >= 15 is 0 Å². The van der Waals surface area contributed by atoms with E-state index in [-0.39, 0.29) is 16.9 Å². The zero-order valence-corrected chi connectivity index (χ0v) is 16.1. The summed E-state index contributed by atoms with van der Waals surface area (Å²) in [7, 11) is 0. The fourth-order valence-corrected chi connectivity index (χ4v) is 6.33. The number of anilines is 1. The summed E-state index contributed by atoms with van der Waals surface area (Å²) in [4.78, 5) is 12.1. The first-order valence-electron chi connectivity index (χ1n) is 9.71. The maximum absolute atomic E-state index is 13.6. The summed E-state index contributed by atoms with van der Waals surface area (Å²) in [6.45, 7) is 0. The van der Waals surface area contributed by atoms with Crippen LogP contribution in [-0.2, 0) is 10.2 Å². The summed E-state index contributed by atoms with van der Waals surface area (Å²) >= 11 is 1.11. The van der Waals surface area contributed by atoms with Crippen LogP contribution in [0.1, 0.15) is 44.4 Å². The molecular formula is C20H21F2N3O2S. The lowest BCUT2D eigenvalue weighted by Crippen LogP contribution is -2.48. The van der Waals surface area contributed by atoms with Crippen LogP contribution in [0, 0.1) is 29.4 Å². The fraction of sp³-hybridized carbons (Fsp3) is 0.550. The SMILES string of the molecule is O=C(CSc1nnc(C23CC4CC(CC(C4)C2)C3)o1)Nc1cc(F)ccc1F. The lowest BCUT2D eigenvalue weighted by Gasteiger charge is -2.55. The lowest BCUT2D eigenvalue weighted by atomic mass is 9.49. The van der Waals surface area contributed by atoms with Gasteiger partial charge in [-0.2, -0.15) is 0 Å². The summed E-state index contributed by atoms with van der Waals surface area (Å²) in [6, 6.07) is 2.94. The van der Waals surface area contributed by atoms with Crippen LogP contribution in [0.4, 0.5) is 14.5 Å². The van der Waals surface area contributed by atoms with E-state index in [0.29, 0.717) is 11.1 Å². The van der Waals surface area contributed by atoms with Gasteiger partial charge in [-0.3, -0.25) is 4.79 Å². The van der Waals surface area contributed by atoms with Crippen LogP contribution in [0.25, 0.3) is 0 Å². The number of nitrogens with zero attached hydrogens (tertiary/aromatic N) is 2. The van der Waals surface area contributed by atoms with Crippen molar-refractivity contribution in [3.63, 3.8) is 0 Å². The summed E-state index contributed by atoms with van der Waals surface area (Å²) in [6.07, 6.45) is 7.41. The molecule has 0 unspecified atom stereocenters. The topological polar surface area (TPSA) is 68.0 Å². The molecule has 1 aromatic carbocycles. The van der Waals surface area contributed by atoms with Crippen molar-refractivity contribution in [1.82, 2.24) is 10.2 Å². The maximum Gasteiger partial charge on any atom is 0.277 e. The molecule has 4 fully saturated rings. The zero-order chi connectivity index (χ0) is 19.3. The van der Waals surface area contributed by atoms with Crippen molar-refractivity contribution in [3.05, 3.63) is 35.7 Å². The molecule has 0 radical (unpaired) electrons. The molecule has 4 aliphatic rings. The van der Waals surface area contributed by atoms with E-state index in [1.165, 1.54) is 19.3 Å². The van der Waals surface area contributed by atoms with Crippen LogP contribution in [0.5, 0.6) is 0 Å². The average Bonchev–Trinajstić information content (AvgIpc) is 3.12. The molecule has 28 heavy (non-hydrogen) atoms. The van der Waals surface area contributed by atoms with E-state index in [2.05, 4.69) is 15.5 Å². The highest BCUT2D eigenvalue weighted by Gasteiger charge is 2.54. The van der Waals surface area contributed by atoms with E-state index in [1.807, 2.05) is 0 Å². The second-order valence-corrected chi connectivity index (χ2v) is 9.46. The molecule has 8 heteroatoms. The highest BCUT2D eigenvalue weighted by molar-refractivity contribution is 7.99. The third-order valence-electron chi connectivity index (χ3n) is 6.43. The van der Waals surface area contributed by atoms with Gasteiger partial charge >= 0.3 is 0 Å². The molecule has 2 aromatic rings. The van der Waals surface area contributed by atoms with Crippen molar-refractivity contribution in [2.24, 2.45) is 17.8 Å². The van der Waals surface area contributed by atoms with Gasteiger partial charge < -0.3 is 9.73 Å². The maximum atomic E-state index is 13.6. The number of nitrogens with one attached hydrogen (secondary N) is 1. The number of hydrogen-bond acceptors (Lipinski definition) is 5. The zero-order valence-electron chi connectivity index (χ0n) is 15.3. The Labute approximate surface area is 165 Å². The van der Waals surface area contributed by atoms with Crippen molar-refractivity contribution in [2.45, 2.75) is 49.2 Å². The molecule has 1 amide bonds. The molecule has 4 bridgehead atoms.